The lowest BCUT2D eigenvalue weighted by Crippen LogP contribution is -2.69. The smallest absolute Gasteiger partial charge is 0.504 e. The molecule has 5 aliphatic rings. The molecule has 0 spiro atoms. The average molecular weight is 905 g/mol. The van der Waals surface area contributed by atoms with Crippen molar-refractivity contribution in [3.05, 3.63) is 62.7 Å². The number of piperazine rings is 1. The van der Waals surface area contributed by atoms with E-state index >= 15 is 0 Å². The van der Waals surface area contributed by atoms with Gasteiger partial charge in [-0.15, -0.1) is 11.8 Å². The molecule has 332 valence electrons. The highest BCUT2D eigenvalue weighted by Gasteiger charge is 2.59. The van der Waals surface area contributed by atoms with E-state index in [-0.39, 0.29) is 42.2 Å². The van der Waals surface area contributed by atoms with Gasteiger partial charge in [-0.25, -0.2) is 0 Å². The summed E-state index contributed by atoms with van der Waals surface area (Å²) in [6, 6.07) is 3.04. The number of ether oxygens (including phenoxy) is 6. The second-order valence-electron chi connectivity index (χ2n) is 15.6. The number of phenolic OH excluding ortho intramolecular Hbond substituents is 1. The maximum atomic E-state index is 13.4. The Morgan fingerprint density at radius 1 is 1.02 bits per heavy atom. The lowest BCUT2D eigenvalue weighted by atomic mass is 9.72. The van der Waals surface area contributed by atoms with Gasteiger partial charge in [-0.3, -0.25) is 14.5 Å². The van der Waals surface area contributed by atoms with Crippen molar-refractivity contribution < 1.29 is 68.9 Å². The largest absolute Gasteiger partial charge is 0.534 e. The molecular weight excluding hydrogens is 862 g/mol. The van der Waals surface area contributed by atoms with E-state index in [2.05, 4.69) is 20.9 Å². The van der Waals surface area contributed by atoms with Crippen LogP contribution in [0.5, 0.6) is 40.2 Å². The van der Waals surface area contributed by atoms with Gasteiger partial charge in [-0.2, -0.15) is 26.9 Å². The molecule has 62 heavy (non-hydrogen) atoms. The zero-order valence-corrected chi connectivity index (χ0v) is 35.9. The molecule has 2 bridgehead atoms. The van der Waals surface area contributed by atoms with Gasteiger partial charge in [0.1, 0.15) is 18.4 Å². The zero-order chi connectivity index (χ0) is 44.6. The Balaban J connectivity index is 1.32. The second kappa shape index (κ2) is 16.2. The first kappa shape index (κ1) is 43.5. The van der Waals surface area contributed by atoms with Crippen LogP contribution in [0.1, 0.15) is 81.7 Å². The molecule has 0 aromatic heterocycles. The van der Waals surface area contributed by atoms with Crippen LogP contribution in [0.2, 0.25) is 0 Å². The molecule has 7 atom stereocenters. The third-order valence-electron chi connectivity index (χ3n) is 12.0. The van der Waals surface area contributed by atoms with Gasteiger partial charge in [0.25, 0.3) is 0 Å². The van der Waals surface area contributed by atoms with Gasteiger partial charge < -0.3 is 48.3 Å². The summed E-state index contributed by atoms with van der Waals surface area (Å²) in [6.45, 7) is 6.05. The summed E-state index contributed by atoms with van der Waals surface area (Å²) in [5.74, 6) is -0.773. The molecule has 1 saturated heterocycles. The first-order valence-corrected chi connectivity index (χ1v) is 22.0. The molecule has 0 radical (unpaired) electrons. The predicted octanol–water partition coefficient (Wildman–Crippen LogP) is 5.02. The molecule has 3 aromatic carbocycles. The minimum absolute atomic E-state index is 0.0810. The Morgan fingerprint density at radius 2 is 1.76 bits per heavy atom. The number of thioether (sulfide) groups is 1. The van der Waals surface area contributed by atoms with E-state index in [1.165, 1.54) is 52.0 Å². The third-order valence-corrected chi connectivity index (χ3v) is 14.4. The van der Waals surface area contributed by atoms with Crippen LogP contribution < -0.4 is 38.5 Å². The number of nitrogens with zero attached hydrogens (tertiary/aromatic N) is 2. The van der Waals surface area contributed by atoms with E-state index in [0.717, 1.165) is 5.56 Å². The molecular formula is C41H43F3N4O12S2. The minimum atomic E-state index is -6.01. The van der Waals surface area contributed by atoms with E-state index in [4.69, 9.17) is 28.4 Å². The van der Waals surface area contributed by atoms with Crippen LogP contribution in [-0.4, -0.2) is 93.9 Å². The maximum absolute atomic E-state index is 13.4. The number of phenols is 1. The molecule has 0 saturated carbocycles. The fourth-order valence-corrected chi connectivity index (χ4v) is 11.7. The molecule has 1 unspecified atom stereocenters. The summed E-state index contributed by atoms with van der Waals surface area (Å²) in [6.07, 6.45) is 0.679. The van der Waals surface area contributed by atoms with Crippen LogP contribution in [0.3, 0.4) is 0 Å². The first-order valence-electron chi connectivity index (χ1n) is 19.6. The number of carbonyl (C=O) groups excluding carboxylic acids is 2. The third kappa shape index (κ3) is 7.18. The Bertz CT molecular complexity index is 2520. The monoisotopic (exact) mass is 904 g/mol. The Labute approximate surface area is 359 Å². The Morgan fingerprint density at radius 3 is 2.42 bits per heavy atom. The lowest BCUT2D eigenvalue weighted by Gasteiger charge is -2.58. The van der Waals surface area contributed by atoms with Gasteiger partial charge in [-0.1, -0.05) is 6.07 Å². The second-order valence-corrected chi connectivity index (χ2v) is 18.3. The van der Waals surface area contributed by atoms with Crippen molar-refractivity contribution in [1.29, 1.82) is 5.26 Å². The van der Waals surface area contributed by atoms with Crippen molar-refractivity contribution >= 4 is 33.8 Å². The van der Waals surface area contributed by atoms with Crippen molar-refractivity contribution in [2.24, 2.45) is 0 Å². The van der Waals surface area contributed by atoms with Crippen molar-refractivity contribution in [3.63, 3.8) is 0 Å². The van der Waals surface area contributed by atoms with Gasteiger partial charge in [0.05, 0.1) is 37.6 Å². The summed E-state index contributed by atoms with van der Waals surface area (Å²) in [7, 11) is -3.37. The highest BCUT2D eigenvalue weighted by atomic mass is 32.2. The number of esters is 2. The molecule has 5 aliphatic heterocycles. The molecule has 8 rings (SSSR count). The quantitative estimate of drug-likeness (QED) is 0.106. The Kier molecular flexibility index (Phi) is 11.4. The normalized spacial score (nSPS) is 24.7. The minimum Gasteiger partial charge on any atom is -0.504 e. The fourth-order valence-electron chi connectivity index (χ4n) is 9.63. The number of halogens is 3. The number of alkyl halides is 3. The highest BCUT2D eigenvalue weighted by Crippen LogP contribution is 2.63. The zero-order valence-electron chi connectivity index (χ0n) is 34.3. The summed E-state index contributed by atoms with van der Waals surface area (Å²) >= 11 is 1.42. The number of nitriles is 1. The number of methoxy groups -OCH3 is 2. The Hall–Kier alpha value is -5.14. The van der Waals surface area contributed by atoms with E-state index < -0.39 is 74.8 Å². The maximum Gasteiger partial charge on any atom is 0.534 e. The number of aryl methyl sites for hydroxylation is 1. The molecule has 1 fully saturated rings. The lowest BCUT2D eigenvalue weighted by molar-refractivity contribution is -0.144. The van der Waals surface area contributed by atoms with Crippen LogP contribution in [0.4, 0.5) is 13.2 Å². The van der Waals surface area contributed by atoms with E-state index in [1.807, 2.05) is 17.9 Å². The number of benzene rings is 3. The van der Waals surface area contributed by atoms with E-state index in [1.54, 1.807) is 6.92 Å². The number of hydrogen-bond acceptors (Lipinski definition) is 17. The van der Waals surface area contributed by atoms with Crippen molar-refractivity contribution in [3.8, 4) is 46.3 Å². The molecule has 0 amide bonds. The average Bonchev–Trinajstić information content (AvgIpc) is 3.70. The van der Waals surface area contributed by atoms with Crippen LogP contribution in [-0.2, 0) is 37.3 Å². The number of rotatable bonds is 10. The van der Waals surface area contributed by atoms with Gasteiger partial charge in [-0.05, 0) is 67.6 Å². The summed E-state index contributed by atoms with van der Waals surface area (Å²) in [5, 5.41) is 29.5. The number of hydrogen-bond donors (Lipinski definition) is 3. The number of fused-ring (bicyclic) bond motifs is 10. The van der Waals surface area contributed by atoms with E-state index in [0.29, 0.717) is 69.8 Å². The molecule has 3 N–H and O–H groups in total. The summed E-state index contributed by atoms with van der Waals surface area (Å²) < 4.78 is 104. The van der Waals surface area contributed by atoms with Crippen LogP contribution in [0.15, 0.2) is 18.2 Å². The first-order chi connectivity index (χ1) is 29.4. The van der Waals surface area contributed by atoms with Gasteiger partial charge in [0.15, 0.2) is 34.5 Å². The molecule has 16 nitrogen and oxygen atoms in total. The van der Waals surface area contributed by atoms with Crippen LogP contribution >= 0.6 is 11.8 Å². The van der Waals surface area contributed by atoms with Gasteiger partial charge >= 0.3 is 27.6 Å². The summed E-state index contributed by atoms with van der Waals surface area (Å²) in [4.78, 5) is 27.5. The number of nitrogens with one attached hydrogen (secondary N) is 2. The van der Waals surface area contributed by atoms with Gasteiger partial charge in [0.2, 0.25) is 6.79 Å². The standard InChI is InChI=1S/C41H43F3N4O12S2/c1-17-9-22-10-24-26(13-45)48-27(14-56-19(3)49)31-32(37(59-20(4)50)18(2)38-39(31)58-16-57-38)40(34(48)33(47-24)30(22)35(51)36(17)55-6)61-15-25-23-12-28(54-5)29(11-21(23)7-8-46-25)60-62(52,53)41(42,43)44/h9,11-12,24-27,33-34,40,46-47,51H,7-8,10,14-16H2,1-6H3/t24-,25+,26-,27?,33+,34+,40+/m0/s1. The summed E-state index contributed by atoms with van der Waals surface area (Å²) in [5.41, 5.74) is -1.01. The molecule has 3 aromatic rings. The molecule has 21 heteroatoms. The van der Waals surface area contributed by atoms with E-state index in [9.17, 15) is 41.5 Å². The van der Waals surface area contributed by atoms with Crippen molar-refractivity contribution in [2.45, 2.75) is 87.5 Å². The highest BCUT2D eigenvalue weighted by molar-refractivity contribution is 7.99. The van der Waals surface area contributed by atoms with Gasteiger partial charge in [0, 0.05) is 60.0 Å². The van der Waals surface area contributed by atoms with Crippen LogP contribution in [0.25, 0.3) is 0 Å². The molecule has 0 aliphatic carbocycles. The van der Waals surface area contributed by atoms with Crippen LogP contribution in [0, 0.1) is 25.2 Å². The van der Waals surface area contributed by atoms with Crippen molar-refractivity contribution in [2.75, 3.05) is 39.9 Å². The topological polar surface area (TPSA) is 204 Å². The number of carbonyl (C=O) groups is 2. The SMILES string of the molecule is COc1cc2c(cc1OS(=O)(=O)C(F)(F)F)CCN[C@@H]2CS[C@@H]1c2c(OC(C)=O)c(C)c3c(c2C(COC(C)=O)N2[C@@H]1[C@@H]1N[C@@H](Cc4cc(C)c(OC)c(O)c41)[C@@H]2C#N)OCO3. The number of aromatic hydroxyl groups is 1. The van der Waals surface area contributed by atoms with Crippen molar-refractivity contribution in [1.82, 2.24) is 15.5 Å². The molecule has 5 heterocycles. The fraction of sp³-hybridized carbons (Fsp3) is 0.488. The predicted molar refractivity (Wildman–Crippen MR) is 214 cm³/mol.